The minimum absolute atomic E-state index is 0.0653. The smallest absolute Gasteiger partial charge is 0.251 e. The van der Waals surface area contributed by atoms with Crippen LogP contribution < -0.4 is 16.5 Å². The zero-order valence-corrected chi connectivity index (χ0v) is 17.1. The van der Waals surface area contributed by atoms with E-state index >= 15 is 0 Å². The summed E-state index contributed by atoms with van der Waals surface area (Å²) in [6.45, 7) is 5.27. The van der Waals surface area contributed by atoms with Crippen molar-refractivity contribution in [3.05, 3.63) is 69.4 Å². The third-order valence-corrected chi connectivity index (χ3v) is 5.01. The molecule has 152 valence electrons. The number of carbonyl (C=O) groups is 1. The van der Waals surface area contributed by atoms with Crippen molar-refractivity contribution in [3.8, 4) is 11.3 Å². The Morgan fingerprint density at radius 1 is 1.00 bits per heavy atom. The van der Waals surface area contributed by atoms with Gasteiger partial charge in [-0.15, -0.1) is 0 Å². The Hall–Kier alpha value is -2.92. The standard InChI is InChI=1S/C24H28N2O3/c1-16-13-17(2)23-20(14-16)21(27)15-22(29-23)18-7-9-19(10-8-18)24(28)26-12-6-4-3-5-11-25/h7-10,13-15H,3-6,11-12,25H2,1-2H3,(H,26,28). The maximum absolute atomic E-state index is 12.5. The third-order valence-electron chi connectivity index (χ3n) is 5.01. The van der Waals surface area contributed by atoms with Gasteiger partial charge in [0.1, 0.15) is 11.3 Å². The lowest BCUT2D eigenvalue weighted by Crippen LogP contribution is -2.24. The van der Waals surface area contributed by atoms with Gasteiger partial charge in [0, 0.05) is 23.7 Å². The number of fused-ring (bicyclic) bond motifs is 1. The van der Waals surface area contributed by atoms with Crippen LogP contribution in [0.1, 0.15) is 47.2 Å². The summed E-state index contributed by atoms with van der Waals surface area (Å²) >= 11 is 0. The number of nitrogens with one attached hydrogen (secondary N) is 1. The largest absolute Gasteiger partial charge is 0.456 e. The van der Waals surface area contributed by atoms with Gasteiger partial charge in [-0.05, 0) is 62.6 Å². The van der Waals surface area contributed by atoms with Crippen LogP contribution in [-0.2, 0) is 0 Å². The number of rotatable bonds is 8. The number of benzene rings is 2. The molecule has 1 aromatic heterocycles. The van der Waals surface area contributed by atoms with Crippen molar-refractivity contribution < 1.29 is 9.21 Å². The highest BCUT2D eigenvalue weighted by Gasteiger charge is 2.11. The first-order valence-electron chi connectivity index (χ1n) is 10.1. The van der Waals surface area contributed by atoms with Crippen molar-refractivity contribution in [1.82, 2.24) is 5.32 Å². The molecule has 2 aromatic carbocycles. The summed E-state index contributed by atoms with van der Waals surface area (Å²) in [6, 6.07) is 12.5. The van der Waals surface area contributed by atoms with Gasteiger partial charge in [-0.3, -0.25) is 9.59 Å². The molecule has 1 amide bonds. The van der Waals surface area contributed by atoms with E-state index < -0.39 is 0 Å². The molecule has 0 aliphatic carbocycles. The number of amides is 1. The quantitative estimate of drug-likeness (QED) is 0.559. The molecule has 0 radical (unpaired) electrons. The lowest BCUT2D eigenvalue weighted by Gasteiger charge is -2.08. The van der Waals surface area contributed by atoms with Gasteiger partial charge in [0.15, 0.2) is 5.43 Å². The minimum Gasteiger partial charge on any atom is -0.456 e. The SMILES string of the molecule is Cc1cc(C)c2oc(-c3ccc(C(=O)NCCCCCCN)cc3)cc(=O)c2c1. The fourth-order valence-corrected chi connectivity index (χ4v) is 3.46. The van der Waals surface area contributed by atoms with Crippen molar-refractivity contribution in [2.24, 2.45) is 5.73 Å². The zero-order chi connectivity index (χ0) is 20.8. The van der Waals surface area contributed by atoms with Crippen LogP contribution in [0.15, 0.2) is 51.7 Å². The predicted octanol–water partition coefficient (Wildman–Crippen LogP) is 4.33. The van der Waals surface area contributed by atoms with Gasteiger partial charge in [-0.1, -0.05) is 31.0 Å². The maximum Gasteiger partial charge on any atom is 0.251 e. The molecule has 0 bridgehead atoms. The Labute approximate surface area is 170 Å². The molecule has 3 N–H and O–H groups in total. The van der Waals surface area contributed by atoms with E-state index in [-0.39, 0.29) is 11.3 Å². The molecule has 0 atom stereocenters. The van der Waals surface area contributed by atoms with Crippen LogP contribution in [0.3, 0.4) is 0 Å². The van der Waals surface area contributed by atoms with Crippen LogP contribution >= 0.6 is 0 Å². The Morgan fingerprint density at radius 2 is 1.72 bits per heavy atom. The van der Waals surface area contributed by atoms with Gasteiger partial charge in [-0.25, -0.2) is 0 Å². The van der Waals surface area contributed by atoms with Crippen molar-refractivity contribution in [2.75, 3.05) is 13.1 Å². The normalized spacial score (nSPS) is 11.0. The molecule has 0 saturated carbocycles. The fraction of sp³-hybridized carbons (Fsp3) is 0.333. The first kappa shape index (κ1) is 20.8. The number of nitrogens with two attached hydrogens (primary N) is 1. The van der Waals surface area contributed by atoms with Crippen LogP contribution in [0.25, 0.3) is 22.3 Å². The second-order valence-corrected chi connectivity index (χ2v) is 7.47. The summed E-state index contributed by atoms with van der Waals surface area (Å²) in [7, 11) is 0. The lowest BCUT2D eigenvalue weighted by molar-refractivity contribution is 0.0953. The highest BCUT2D eigenvalue weighted by molar-refractivity contribution is 5.94. The molecule has 0 unspecified atom stereocenters. The van der Waals surface area contributed by atoms with Gasteiger partial charge in [0.2, 0.25) is 0 Å². The van der Waals surface area contributed by atoms with Gasteiger partial charge in [0.25, 0.3) is 5.91 Å². The average Bonchev–Trinajstić information content (AvgIpc) is 2.71. The van der Waals surface area contributed by atoms with Crippen LogP contribution in [-0.4, -0.2) is 19.0 Å². The van der Waals surface area contributed by atoms with E-state index in [0.29, 0.717) is 28.8 Å². The Kier molecular flexibility index (Phi) is 6.83. The fourth-order valence-electron chi connectivity index (χ4n) is 3.46. The maximum atomic E-state index is 12.5. The van der Waals surface area contributed by atoms with E-state index in [1.54, 1.807) is 12.1 Å². The van der Waals surface area contributed by atoms with Crippen molar-refractivity contribution >= 4 is 16.9 Å². The van der Waals surface area contributed by atoms with Gasteiger partial charge < -0.3 is 15.5 Å². The van der Waals surface area contributed by atoms with Gasteiger partial charge in [-0.2, -0.15) is 0 Å². The second kappa shape index (κ2) is 9.52. The summed E-state index contributed by atoms with van der Waals surface area (Å²) in [5, 5.41) is 3.53. The Bertz CT molecular complexity index is 1050. The molecule has 5 heteroatoms. The first-order chi connectivity index (χ1) is 14.0. The summed E-state index contributed by atoms with van der Waals surface area (Å²) in [6.07, 6.45) is 4.14. The molecular weight excluding hydrogens is 364 g/mol. The van der Waals surface area contributed by atoms with Crippen molar-refractivity contribution in [3.63, 3.8) is 0 Å². The van der Waals surface area contributed by atoms with E-state index in [1.807, 2.05) is 38.1 Å². The summed E-state index contributed by atoms with van der Waals surface area (Å²) in [5.41, 5.74) is 9.34. The van der Waals surface area contributed by atoms with Crippen LogP contribution in [0.4, 0.5) is 0 Å². The molecule has 0 spiro atoms. The number of unbranched alkanes of at least 4 members (excludes halogenated alkanes) is 3. The minimum atomic E-state index is -0.0957. The van der Waals surface area contributed by atoms with E-state index in [4.69, 9.17) is 10.2 Å². The molecule has 0 aliphatic heterocycles. The molecule has 5 nitrogen and oxygen atoms in total. The topological polar surface area (TPSA) is 85.3 Å². The third kappa shape index (κ3) is 5.12. The van der Waals surface area contributed by atoms with Crippen LogP contribution in [0.2, 0.25) is 0 Å². The highest BCUT2D eigenvalue weighted by atomic mass is 16.3. The van der Waals surface area contributed by atoms with Gasteiger partial charge in [0.05, 0.1) is 5.39 Å². The number of hydrogen-bond acceptors (Lipinski definition) is 4. The molecule has 1 heterocycles. The van der Waals surface area contributed by atoms with Crippen molar-refractivity contribution in [2.45, 2.75) is 39.5 Å². The van der Waals surface area contributed by atoms with Crippen molar-refractivity contribution in [1.29, 1.82) is 0 Å². The summed E-state index contributed by atoms with van der Waals surface area (Å²) < 4.78 is 6.02. The molecule has 0 saturated heterocycles. The van der Waals surface area contributed by atoms with E-state index in [9.17, 15) is 9.59 Å². The zero-order valence-electron chi connectivity index (χ0n) is 17.1. The molecule has 3 aromatic rings. The monoisotopic (exact) mass is 392 g/mol. The molecule has 0 aliphatic rings. The molecular formula is C24H28N2O3. The summed E-state index contributed by atoms with van der Waals surface area (Å²) in [4.78, 5) is 24.8. The van der Waals surface area contributed by atoms with E-state index in [1.165, 1.54) is 6.07 Å². The lowest BCUT2D eigenvalue weighted by atomic mass is 10.1. The molecule has 3 rings (SSSR count). The van der Waals surface area contributed by atoms with Crippen LogP contribution in [0, 0.1) is 13.8 Å². The molecule has 0 fully saturated rings. The number of hydrogen-bond donors (Lipinski definition) is 2. The first-order valence-corrected chi connectivity index (χ1v) is 10.1. The van der Waals surface area contributed by atoms with E-state index in [2.05, 4.69) is 5.32 Å². The summed E-state index contributed by atoms with van der Waals surface area (Å²) in [5.74, 6) is 0.406. The highest BCUT2D eigenvalue weighted by Crippen LogP contribution is 2.25. The average molecular weight is 392 g/mol. The molecule has 29 heavy (non-hydrogen) atoms. The van der Waals surface area contributed by atoms with E-state index in [0.717, 1.165) is 48.9 Å². The Balaban J connectivity index is 1.72. The second-order valence-electron chi connectivity index (χ2n) is 7.47. The van der Waals surface area contributed by atoms with Crippen LogP contribution in [0.5, 0.6) is 0 Å². The van der Waals surface area contributed by atoms with Gasteiger partial charge >= 0.3 is 0 Å². The predicted molar refractivity (Wildman–Crippen MR) is 117 cm³/mol. The number of aryl methyl sites for hydroxylation is 2. The number of carbonyl (C=O) groups excluding carboxylic acids is 1. The Morgan fingerprint density at radius 3 is 2.45 bits per heavy atom.